The lowest BCUT2D eigenvalue weighted by Crippen LogP contribution is -2.25. The minimum atomic E-state index is -4.88. The molecule has 0 amide bonds. The summed E-state index contributed by atoms with van der Waals surface area (Å²) in [6.07, 6.45) is -7.89. The van der Waals surface area contributed by atoms with E-state index in [2.05, 4.69) is 4.74 Å². The van der Waals surface area contributed by atoms with Gasteiger partial charge in [-0.25, -0.2) is 13.6 Å². The lowest BCUT2D eigenvalue weighted by Gasteiger charge is -2.27. The van der Waals surface area contributed by atoms with Crippen LogP contribution in [0, 0.1) is 11.3 Å². The molecule has 0 bridgehead atoms. The Hall–Kier alpha value is -3.29. The van der Waals surface area contributed by atoms with Crippen LogP contribution in [-0.2, 0) is 20.4 Å². The van der Waals surface area contributed by atoms with Crippen molar-refractivity contribution in [1.82, 2.24) is 0 Å². The number of hydrogen-bond donors (Lipinski definition) is 1. The van der Waals surface area contributed by atoms with Crippen LogP contribution in [-0.4, -0.2) is 25.6 Å². The highest BCUT2D eigenvalue weighted by atomic mass is 19.4. The first kappa shape index (κ1) is 23.0. The van der Waals surface area contributed by atoms with Gasteiger partial charge in [0.15, 0.2) is 0 Å². The SMILES string of the molecule is CCOC(=O)C1=C(C)OC(N)=C(C#N)C1c1ccc(C(F)(F)F)c(OCC(F)F)c1. The third-order valence-corrected chi connectivity index (χ3v) is 4.11. The summed E-state index contributed by atoms with van der Waals surface area (Å²) >= 11 is 0. The molecule has 2 rings (SSSR count). The second kappa shape index (κ2) is 9.02. The summed E-state index contributed by atoms with van der Waals surface area (Å²) in [5.41, 5.74) is 4.02. The molecule has 1 aliphatic heterocycles. The Morgan fingerprint density at radius 3 is 2.57 bits per heavy atom. The Balaban J connectivity index is 2.67. The fourth-order valence-electron chi connectivity index (χ4n) is 2.91. The van der Waals surface area contributed by atoms with Gasteiger partial charge in [-0.15, -0.1) is 0 Å². The van der Waals surface area contributed by atoms with E-state index in [0.29, 0.717) is 6.07 Å². The number of rotatable bonds is 6. The Morgan fingerprint density at radius 1 is 1.37 bits per heavy atom. The normalized spacial score (nSPS) is 17.0. The van der Waals surface area contributed by atoms with E-state index in [4.69, 9.17) is 15.2 Å². The molecule has 0 spiro atoms. The molecule has 0 radical (unpaired) electrons. The van der Waals surface area contributed by atoms with Gasteiger partial charge >= 0.3 is 12.1 Å². The summed E-state index contributed by atoms with van der Waals surface area (Å²) in [6.45, 7) is 1.62. The molecule has 1 aromatic carbocycles. The summed E-state index contributed by atoms with van der Waals surface area (Å²) in [6, 6.07) is 4.24. The summed E-state index contributed by atoms with van der Waals surface area (Å²) in [7, 11) is 0. The molecule has 0 aromatic heterocycles. The minimum absolute atomic E-state index is 0.00935. The second-order valence-corrected chi connectivity index (χ2v) is 6.07. The Bertz CT molecular complexity index is 932. The summed E-state index contributed by atoms with van der Waals surface area (Å²) in [5.74, 6) is -3.33. The molecule has 0 saturated heterocycles. The van der Waals surface area contributed by atoms with Crippen LogP contribution < -0.4 is 10.5 Å². The zero-order valence-corrected chi connectivity index (χ0v) is 15.8. The summed E-state index contributed by atoms with van der Waals surface area (Å²) < 4.78 is 79.7. The maximum Gasteiger partial charge on any atom is 0.419 e. The van der Waals surface area contributed by atoms with Crippen LogP contribution in [0.3, 0.4) is 0 Å². The molecule has 0 saturated carbocycles. The molecule has 1 heterocycles. The van der Waals surface area contributed by atoms with Crippen molar-refractivity contribution in [1.29, 1.82) is 5.26 Å². The number of esters is 1. The summed E-state index contributed by atoms with van der Waals surface area (Å²) in [5, 5.41) is 9.49. The lowest BCUT2D eigenvalue weighted by atomic mass is 9.82. The van der Waals surface area contributed by atoms with Crippen molar-refractivity contribution in [3.05, 3.63) is 52.1 Å². The van der Waals surface area contributed by atoms with Gasteiger partial charge in [-0.3, -0.25) is 0 Å². The monoisotopic (exact) mass is 432 g/mol. The van der Waals surface area contributed by atoms with Gasteiger partial charge in [-0.1, -0.05) is 6.07 Å². The number of nitrogens with two attached hydrogens (primary N) is 1. The molecule has 1 aromatic rings. The first-order chi connectivity index (χ1) is 14.0. The number of nitriles is 1. The van der Waals surface area contributed by atoms with Crippen LogP contribution in [0.2, 0.25) is 0 Å². The average Bonchev–Trinajstić information content (AvgIpc) is 2.64. The van der Waals surface area contributed by atoms with E-state index in [0.717, 1.165) is 12.1 Å². The maximum atomic E-state index is 13.3. The van der Waals surface area contributed by atoms with Crippen LogP contribution >= 0.6 is 0 Å². The van der Waals surface area contributed by atoms with Crippen molar-refractivity contribution in [3.63, 3.8) is 0 Å². The van der Waals surface area contributed by atoms with Crippen LogP contribution in [0.5, 0.6) is 5.75 Å². The topological polar surface area (TPSA) is 94.6 Å². The number of benzene rings is 1. The molecular formula is C19H17F5N2O4. The highest BCUT2D eigenvalue weighted by Gasteiger charge is 2.39. The van der Waals surface area contributed by atoms with E-state index in [9.17, 15) is 32.0 Å². The van der Waals surface area contributed by atoms with Crippen molar-refractivity contribution >= 4 is 5.97 Å². The smallest absolute Gasteiger partial charge is 0.419 e. The van der Waals surface area contributed by atoms with Gasteiger partial charge in [-0.05, 0) is 31.5 Å². The number of halogens is 5. The third kappa shape index (κ3) is 4.82. The summed E-state index contributed by atoms with van der Waals surface area (Å²) in [4.78, 5) is 12.4. The first-order valence-electron chi connectivity index (χ1n) is 8.58. The van der Waals surface area contributed by atoms with Crippen molar-refractivity contribution in [2.24, 2.45) is 5.73 Å². The number of carbonyl (C=O) groups is 1. The Morgan fingerprint density at radius 2 is 2.03 bits per heavy atom. The van der Waals surface area contributed by atoms with E-state index in [1.165, 1.54) is 13.8 Å². The molecule has 1 aliphatic rings. The zero-order valence-electron chi connectivity index (χ0n) is 15.8. The predicted molar refractivity (Wildman–Crippen MR) is 92.9 cm³/mol. The van der Waals surface area contributed by atoms with Gasteiger partial charge in [0.05, 0.1) is 23.7 Å². The zero-order chi connectivity index (χ0) is 22.6. The standard InChI is InChI=1S/C19H17F5N2O4/c1-3-28-18(27)15-9(2)30-17(26)11(7-25)16(15)10-4-5-12(19(22,23)24)13(6-10)29-8-14(20)21/h4-6,14,16H,3,8,26H2,1-2H3. The van der Waals surface area contributed by atoms with E-state index >= 15 is 0 Å². The highest BCUT2D eigenvalue weighted by Crippen LogP contribution is 2.43. The molecule has 0 aliphatic carbocycles. The van der Waals surface area contributed by atoms with Crippen molar-refractivity contribution < 1.29 is 41.0 Å². The predicted octanol–water partition coefficient (Wildman–Crippen LogP) is 3.99. The number of nitrogens with zero attached hydrogens (tertiary/aromatic N) is 1. The second-order valence-electron chi connectivity index (χ2n) is 6.07. The van der Waals surface area contributed by atoms with Crippen molar-refractivity contribution in [2.45, 2.75) is 32.4 Å². The van der Waals surface area contributed by atoms with Gasteiger partial charge in [0.2, 0.25) is 5.88 Å². The molecule has 162 valence electrons. The van der Waals surface area contributed by atoms with Crippen LogP contribution in [0.15, 0.2) is 41.0 Å². The third-order valence-electron chi connectivity index (χ3n) is 4.11. The van der Waals surface area contributed by atoms with Gasteiger partial charge in [0.25, 0.3) is 6.43 Å². The number of alkyl halides is 5. The van der Waals surface area contributed by atoms with E-state index in [1.807, 2.05) is 0 Å². The Labute approximate surface area is 168 Å². The number of hydrogen-bond acceptors (Lipinski definition) is 6. The number of carbonyl (C=O) groups excluding carboxylic acids is 1. The number of allylic oxidation sites excluding steroid dienone is 2. The van der Waals surface area contributed by atoms with Crippen LogP contribution in [0.1, 0.15) is 30.9 Å². The lowest BCUT2D eigenvalue weighted by molar-refractivity contribution is -0.140. The first-order valence-corrected chi connectivity index (χ1v) is 8.58. The van der Waals surface area contributed by atoms with Gasteiger partial charge in [0, 0.05) is 0 Å². The van der Waals surface area contributed by atoms with Crippen molar-refractivity contribution in [3.8, 4) is 11.8 Å². The molecule has 30 heavy (non-hydrogen) atoms. The molecule has 11 heteroatoms. The van der Waals surface area contributed by atoms with E-state index < -0.39 is 42.4 Å². The maximum absolute atomic E-state index is 13.3. The average molecular weight is 432 g/mol. The van der Waals surface area contributed by atoms with E-state index in [-0.39, 0.29) is 35.0 Å². The number of ether oxygens (including phenoxy) is 3. The molecular weight excluding hydrogens is 415 g/mol. The van der Waals surface area contributed by atoms with Crippen LogP contribution in [0.4, 0.5) is 22.0 Å². The molecule has 6 nitrogen and oxygen atoms in total. The van der Waals surface area contributed by atoms with E-state index in [1.54, 1.807) is 6.07 Å². The van der Waals surface area contributed by atoms with Gasteiger partial charge < -0.3 is 19.9 Å². The molecule has 1 atom stereocenters. The molecule has 1 unspecified atom stereocenters. The highest BCUT2D eigenvalue weighted by molar-refractivity contribution is 5.92. The molecule has 0 fully saturated rings. The quantitative estimate of drug-likeness (QED) is 0.540. The molecule has 2 N–H and O–H groups in total. The minimum Gasteiger partial charge on any atom is -0.487 e. The fourth-order valence-corrected chi connectivity index (χ4v) is 2.91. The van der Waals surface area contributed by atoms with Gasteiger partial charge in [0.1, 0.15) is 29.8 Å². The fraction of sp³-hybridized carbons (Fsp3) is 0.368. The largest absolute Gasteiger partial charge is 0.487 e. The van der Waals surface area contributed by atoms with Crippen LogP contribution in [0.25, 0.3) is 0 Å². The Kier molecular flexibility index (Phi) is 6.92. The van der Waals surface area contributed by atoms with Crippen molar-refractivity contribution in [2.75, 3.05) is 13.2 Å². The van der Waals surface area contributed by atoms with Gasteiger partial charge in [-0.2, -0.15) is 18.4 Å².